The highest BCUT2D eigenvalue weighted by molar-refractivity contribution is 6.08. The standard InChI is InChI=1S/C18H20O/c1-18(2,3)13-14-9-11-16(12-10-14)17(19)15-7-5-4-6-8-15/h4-12H,13H2,1-3H3. The lowest BCUT2D eigenvalue weighted by molar-refractivity contribution is 0.103. The van der Waals surface area contributed by atoms with Crippen LogP contribution in [0.1, 0.15) is 42.3 Å². The fraction of sp³-hybridized carbons (Fsp3) is 0.278. The predicted octanol–water partition coefficient (Wildman–Crippen LogP) is 4.51. The first-order valence-corrected chi connectivity index (χ1v) is 6.64. The van der Waals surface area contributed by atoms with Crippen LogP contribution in [0.5, 0.6) is 0 Å². The van der Waals surface area contributed by atoms with E-state index in [4.69, 9.17) is 0 Å². The molecule has 0 spiro atoms. The highest BCUT2D eigenvalue weighted by Gasteiger charge is 2.12. The Morgan fingerprint density at radius 3 is 1.89 bits per heavy atom. The highest BCUT2D eigenvalue weighted by atomic mass is 16.1. The van der Waals surface area contributed by atoms with Crippen LogP contribution in [0.2, 0.25) is 0 Å². The van der Waals surface area contributed by atoms with Crippen molar-refractivity contribution in [3.05, 3.63) is 71.3 Å². The van der Waals surface area contributed by atoms with Crippen LogP contribution in [-0.2, 0) is 6.42 Å². The van der Waals surface area contributed by atoms with Gasteiger partial charge in [-0.3, -0.25) is 4.79 Å². The Morgan fingerprint density at radius 2 is 1.37 bits per heavy atom. The molecule has 0 bridgehead atoms. The van der Waals surface area contributed by atoms with Gasteiger partial charge in [0.25, 0.3) is 0 Å². The van der Waals surface area contributed by atoms with Gasteiger partial charge in [0.05, 0.1) is 0 Å². The lowest BCUT2D eigenvalue weighted by Gasteiger charge is -2.18. The van der Waals surface area contributed by atoms with Gasteiger partial charge in [-0.15, -0.1) is 0 Å². The van der Waals surface area contributed by atoms with Gasteiger partial charge in [0.2, 0.25) is 0 Å². The fourth-order valence-electron chi connectivity index (χ4n) is 2.14. The minimum Gasteiger partial charge on any atom is -0.289 e. The third kappa shape index (κ3) is 3.78. The summed E-state index contributed by atoms with van der Waals surface area (Å²) in [6.45, 7) is 6.65. The zero-order valence-electron chi connectivity index (χ0n) is 11.8. The Bertz CT molecular complexity index is 544. The molecule has 0 aromatic heterocycles. The van der Waals surface area contributed by atoms with E-state index in [0.717, 1.165) is 17.5 Å². The van der Waals surface area contributed by atoms with E-state index in [0.29, 0.717) is 0 Å². The third-order valence-electron chi connectivity index (χ3n) is 2.99. The highest BCUT2D eigenvalue weighted by Crippen LogP contribution is 2.21. The van der Waals surface area contributed by atoms with Crippen molar-refractivity contribution in [3.8, 4) is 0 Å². The van der Waals surface area contributed by atoms with Gasteiger partial charge >= 0.3 is 0 Å². The number of ketones is 1. The van der Waals surface area contributed by atoms with E-state index in [1.807, 2.05) is 42.5 Å². The van der Waals surface area contributed by atoms with E-state index >= 15 is 0 Å². The van der Waals surface area contributed by atoms with Crippen molar-refractivity contribution in [2.75, 3.05) is 0 Å². The Kier molecular flexibility index (Phi) is 3.84. The molecule has 2 rings (SSSR count). The van der Waals surface area contributed by atoms with Crippen LogP contribution in [0.25, 0.3) is 0 Å². The fourth-order valence-corrected chi connectivity index (χ4v) is 2.14. The molecule has 0 aliphatic heterocycles. The number of rotatable bonds is 3. The summed E-state index contributed by atoms with van der Waals surface area (Å²) < 4.78 is 0. The van der Waals surface area contributed by atoms with E-state index in [-0.39, 0.29) is 11.2 Å². The average molecular weight is 252 g/mol. The molecular weight excluding hydrogens is 232 g/mol. The second-order valence-corrected chi connectivity index (χ2v) is 6.13. The zero-order valence-corrected chi connectivity index (χ0v) is 11.8. The number of carbonyl (C=O) groups excluding carboxylic acids is 1. The molecule has 0 radical (unpaired) electrons. The molecule has 19 heavy (non-hydrogen) atoms. The number of carbonyl (C=O) groups is 1. The van der Waals surface area contributed by atoms with E-state index in [1.54, 1.807) is 0 Å². The van der Waals surface area contributed by atoms with Crippen LogP contribution in [0.15, 0.2) is 54.6 Å². The van der Waals surface area contributed by atoms with Crippen molar-refractivity contribution in [2.45, 2.75) is 27.2 Å². The van der Waals surface area contributed by atoms with Crippen LogP contribution in [0, 0.1) is 5.41 Å². The average Bonchev–Trinajstić information content (AvgIpc) is 2.38. The predicted molar refractivity (Wildman–Crippen MR) is 79.5 cm³/mol. The number of hydrogen-bond acceptors (Lipinski definition) is 1. The summed E-state index contributed by atoms with van der Waals surface area (Å²) in [5, 5.41) is 0. The molecule has 0 aliphatic carbocycles. The summed E-state index contributed by atoms with van der Waals surface area (Å²) in [7, 11) is 0. The smallest absolute Gasteiger partial charge is 0.193 e. The van der Waals surface area contributed by atoms with Gasteiger partial charge in [0.1, 0.15) is 0 Å². The van der Waals surface area contributed by atoms with Crippen molar-refractivity contribution in [1.29, 1.82) is 0 Å². The topological polar surface area (TPSA) is 17.1 Å². The normalized spacial score (nSPS) is 11.3. The molecule has 0 N–H and O–H groups in total. The molecule has 2 aromatic carbocycles. The molecular formula is C18H20O. The molecule has 0 saturated carbocycles. The van der Waals surface area contributed by atoms with E-state index in [2.05, 4.69) is 32.9 Å². The van der Waals surface area contributed by atoms with E-state index in [9.17, 15) is 4.79 Å². The first-order valence-electron chi connectivity index (χ1n) is 6.64. The van der Waals surface area contributed by atoms with E-state index < -0.39 is 0 Å². The maximum absolute atomic E-state index is 12.2. The van der Waals surface area contributed by atoms with Gasteiger partial charge in [-0.25, -0.2) is 0 Å². The molecule has 0 saturated heterocycles. The van der Waals surface area contributed by atoms with Crippen LogP contribution in [-0.4, -0.2) is 5.78 Å². The van der Waals surface area contributed by atoms with Gasteiger partial charge in [-0.1, -0.05) is 75.4 Å². The SMILES string of the molecule is CC(C)(C)Cc1ccc(C(=O)c2ccccc2)cc1. The summed E-state index contributed by atoms with van der Waals surface area (Å²) >= 11 is 0. The minimum absolute atomic E-state index is 0.0860. The van der Waals surface area contributed by atoms with Crippen molar-refractivity contribution in [2.24, 2.45) is 5.41 Å². The molecule has 0 heterocycles. The Balaban J connectivity index is 2.17. The minimum atomic E-state index is 0.0860. The monoisotopic (exact) mass is 252 g/mol. The second kappa shape index (κ2) is 5.40. The van der Waals surface area contributed by atoms with Crippen molar-refractivity contribution in [1.82, 2.24) is 0 Å². The van der Waals surface area contributed by atoms with Gasteiger partial charge in [-0.05, 0) is 17.4 Å². The molecule has 1 heteroatoms. The number of hydrogen-bond donors (Lipinski definition) is 0. The van der Waals surface area contributed by atoms with Crippen molar-refractivity contribution < 1.29 is 4.79 Å². The summed E-state index contributed by atoms with van der Waals surface area (Å²) in [5.74, 6) is 0.0860. The largest absolute Gasteiger partial charge is 0.289 e. The summed E-state index contributed by atoms with van der Waals surface area (Å²) in [5.41, 5.74) is 3.04. The Hall–Kier alpha value is -1.89. The molecule has 98 valence electrons. The lowest BCUT2D eigenvalue weighted by atomic mass is 9.87. The Morgan fingerprint density at radius 1 is 0.842 bits per heavy atom. The van der Waals surface area contributed by atoms with Crippen LogP contribution in [0.4, 0.5) is 0 Å². The van der Waals surface area contributed by atoms with E-state index in [1.165, 1.54) is 5.56 Å². The maximum atomic E-state index is 12.2. The van der Waals surface area contributed by atoms with Crippen molar-refractivity contribution >= 4 is 5.78 Å². The summed E-state index contributed by atoms with van der Waals surface area (Å²) in [4.78, 5) is 12.2. The molecule has 0 aliphatic rings. The molecule has 0 atom stereocenters. The lowest BCUT2D eigenvalue weighted by Crippen LogP contribution is -2.09. The van der Waals surface area contributed by atoms with Crippen LogP contribution >= 0.6 is 0 Å². The molecule has 0 fully saturated rings. The van der Waals surface area contributed by atoms with Crippen LogP contribution < -0.4 is 0 Å². The first kappa shape index (κ1) is 13.5. The second-order valence-electron chi connectivity index (χ2n) is 6.13. The summed E-state index contributed by atoms with van der Waals surface area (Å²) in [6, 6.07) is 17.4. The van der Waals surface area contributed by atoms with Gasteiger partial charge in [0.15, 0.2) is 5.78 Å². The summed E-state index contributed by atoms with van der Waals surface area (Å²) in [6.07, 6.45) is 1.02. The Labute approximate surface area is 115 Å². The van der Waals surface area contributed by atoms with Crippen molar-refractivity contribution in [3.63, 3.8) is 0 Å². The van der Waals surface area contributed by atoms with Crippen LogP contribution in [0.3, 0.4) is 0 Å². The third-order valence-corrected chi connectivity index (χ3v) is 2.99. The molecule has 0 unspecified atom stereocenters. The number of benzene rings is 2. The molecule has 0 amide bonds. The quantitative estimate of drug-likeness (QED) is 0.735. The molecule has 1 nitrogen and oxygen atoms in total. The van der Waals surface area contributed by atoms with Gasteiger partial charge in [-0.2, -0.15) is 0 Å². The van der Waals surface area contributed by atoms with Gasteiger partial charge in [0, 0.05) is 11.1 Å². The zero-order chi connectivity index (χ0) is 13.9. The molecule has 2 aromatic rings. The van der Waals surface area contributed by atoms with Gasteiger partial charge < -0.3 is 0 Å². The maximum Gasteiger partial charge on any atom is 0.193 e. The first-order chi connectivity index (χ1) is 8.96.